The smallest absolute Gasteiger partial charge is 0.222 e. The van der Waals surface area contributed by atoms with Gasteiger partial charge in [0.25, 0.3) is 0 Å². The molecule has 37 heavy (non-hydrogen) atoms. The molecule has 0 atom stereocenters. The monoisotopic (exact) mass is 535 g/mol. The van der Waals surface area contributed by atoms with Crippen molar-refractivity contribution in [3.05, 3.63) is 86.7 Å². The van der Waals surface area contributed by atoms with Gasteiger partial charge in [0.15, 0.2) is 0 Å². The molecule has 0 bridgehead atoms. The summed E-state index contributed by atoms with van der Waals surface area (Å²) in [6, 6.07) is 13.3. The number of carbonyl (C=O) groups excluding carboxylic acids is 2. The first-order valence-electron chi connectivity index (χ1n) is 12.1. The summed E-state index contributed by atoms with van der Waals surface area (Å²) in [7, 11) is 0. The number of benzene rings is 1. The number of nitrogens with one attached hydrogen (secondary N) is 1. The van der Waals surface area contributed by atoms with Gasteiger partial charge in [-0.25, -0.2) is 14.6 Å². The molecule has 0 aliphatic carbocycles. The molecule has 4 rings (SSSR count). The molecule has 0 radical (unpaired) electrons. The van der Waals surface area contributed by atoms with E-state index in [4.69, 9.17) is 16.7 Å². The minimum absolute atomic E-state index is 0.0885. The van der Waals surface area contributed by atoms with Crippen LogP contribution in [0.25, 0.3) is 5.69 Å². The number of Topliss-reactive ketones (excluding diaryl/α,β-unsaturated/α-hetero) is 1. The Labute approximate surface area is 225 Å². The maximum atomic E-state index is 13.1. The lowest BCUT2D eigenvalue weighted by Gasteiger charge is -2.14. The molecule has 0 saturated heterocycles. The molecule has 4 aromatic rings. The van der Waals surface area contributed by atoms with Crippen LogP contribution in [-0.4, -0.2) is 31.4 Å². The van der Waals surface area contributed by atoms with Gasteiger partial charge in [0.1, 0.15) is 16.6 Å². The van der Waals surface area contributed by atoms with E-state index in [9.17, 15) is 9.59 Å². The van der Waals surface area contributed by atoms with Gasteiger partial charge >= 0.3 is 0 Å². The molecule has 0 fully saturated rings. The molecule has 192 valence electrons. The first-order chi connectivity index (χ1) is 17.6. The summed E-state index contributed by atoms with van der Waals surface area (Å²) in [6.45, 7) is 7.79. The standard InChI is InChI=1S/C28H30ClN5O2S/c1-18(35)32-26-13-19(11-12-30-26)5-10-24-17-31-27(37-24)16-23(36)14-22-15-25(28(2,3)4)33-34(22)21-8-6-20(29)7-9-21/h6-9,11-13,15,17H,5,10,14,16H2,1-4H3,(H,30,32,35). The highest BCUT2D eigenvalue weighted by atomic mass is 35.5. The quantitative estimate of drug-likeness (QED) is 0.294. The van der Waals surface area contributed by atoms with Gasteiger partial charge in [0.2, 0.25) is 5.91 Å². The Bertz CT molecular complexity index is 1400. The summed E-state index contributed by atoms with van der Waals surface area (Å²) in [5.74, 6) is 0.492. The Kier molecular flexibility index (Phi) is 8.19. The highest BCUT2D eigenvalue weighted by Crippen LogP contribution is 2.25. The number of rotatable bonds is 9. The molecule has 0 aliphatic heterocycles. The van der Waals surface area contributed by atoms with Crippen LogP contribution in [0, 0.1) is 0 Å². The first kappa shape index (κ1) is 26.7. The number of ketones is 1. The maximum absolute atomic E-state index is 13.1. The third-order valence-electron chi connectivity index (χ3n) is 5.74. The Morgan fingerprint density at radius 2 is 1.78 bits per heavy atom. The predicted molar refractivity (Wildman–Crippen MR) is 148 cm³/mol. The zero-order valence-corrected chi connectivity index (χ0v) is 23.0. The summed E-state index contributed by atoms with van der Waals surface area (Å²) < 4.78 is 1.84. The molecule has 3 heterocycles. The second kappa shape index (κ2) is 11.4. The van der Waals surface area contributed by atoms with Crippen LogP contribution in [0.3, 0.4) is 0 Å². The molecule has 3 aromatic heterocycles. The zero-order chi connectivity index (χ0) is 26.6. The topological polar surface area (TPSA) is 89.8 Å². The fourth-order valence-electron chi connectivity index (χ4n) is 3.84. The average Bonchev–Trinajstić information content (AvgIpc) is 3.45. The summed E-state index contributed by atoms with van der Waals surface area (Å²) in [6.07, 6.45) is 5.68. The number of hydrogen-bond acceptors (Lipinski definition) is 6. The predicted octanol–water partition coefficient (Wildman–Crippen LogP) is 5.77. The van der Waals surface area contributed by atoms with Crippen LogP contribution < -0.4 is 5.32 Å². The second-order valence-corrected chi connectivity index (χ2v) is 11.6. The fraction of sp³-hybridized carbons (Fsp3) is 0.321. The van der Waals surface area contributed by atoms with Gasteiger partial charge in [-0.3, -0.25) is 9.59 Å². The van der Waals surface area contributed by atoms with Gasteiger partial charge in [0, 0.05) is 41.1 Å². The number of hydrogen-bond donors (Lipinski definition) is 1. The number of carbonyl (C=O) groups is 2. The van der Waals surface area contributed by atoms with Crippen LogP contribution in [0.1, 0.15) is 54.5 Å². The molecule has 1 aromatic carbocycles. The SMILES string of the molecule is CC(=O)Nc1cc(CCc2cnc(CC(=O)Cc3cc(C(C)(C)C)nn3-c3ccc(Cl)cc3)s2)ccn1. The van der Waals surface area contributed by atoms with E-state index < -0.39 is 0 Å². The number of aryl methyl sites for hydroxylation is 2. The number of nitrogens with zero attached hydrogens (tertiary/aromatic N) is 4. The van der Waals surface area contributed by atoms with Gasteiger partial charge in [-0.2, -0.15) is 5.10 Å². The molecule has 9 heteroatoms. The lowest BCUT2D eigenvalue weighted by Crippen LogP contribution is -2.13. The number of halogens is 1. The minimum Gasteiger partial charge on any atom is -0.311 e. The third-order valence-corrected chi connectivity index (χ3v) is 7.05. The van der Waals surface area contributed by atoms with E-state index in [1.54, 1.807) is 17.5 Å². The van der Waals surface area contributed by atoms with Crippen molar-refractivity contribution in [3.8, 4) is 5.69 Å². The first-order valence-corrected chi connectivity index (χ1v) is 13.3. The largest absolute Gasteiger partial charge is 0.311 e. The Hall–Kier alpha value is -3.36. The van der Waals surface area contributed by atoms with E-state index in [2.05, 4.69) is 36.1 Å². The van der Waals surface area contributed by atoms with Crippen LogP contribution in [0.15, 0.2) is 54.9 Å². The van der Waals surface area contributed by atoms with Gasteiger partial charge in [-0.15, -0.1) is 11.3 Å². The maximum Gasteiger partial charge on any atom is 0.222 e. The number of aromatic nitrogens is 4. The highest BCUT2D eigenvalue weighted by Gasteiger charge is 2.22. The van der Waals surface area contributed by atoms with Crippen LogP contribution in [0.5, 0.6) is 0 Å². The van der Waals surface area contributed by atoms with Crippen molar-refractivity contribution in [2.24, 2.45) is 0 Å². The van der Waals surface area contributed by atoms with Gasteiger partial charge in [-0.1, -0.05) is 32.4 Å². The molecule has 0 saturated carbocycles. The normalized spacial score (nSPS) is 11.5. The highest BCUT2D eigenvalue weighted by molar-refractivity contribution is 7.11. The Balaban J connectivity index is 1.41. The van der Waals surface area contributed by atoms with E-state index >= 15 is 0 Å². The Morgan fingerprint density at radius 1 is 1.03 bits per heavy atom. The van der Waals surface area contributed by atoms with E-state index in [0.29, 0.717) is 10.8 Å². The Morgan fingerprint density at radius 3 is 2.49 bits per heavy atom. The van der Waals surface area contributed by atoms with Crippen molar-refractivity contribution in [1.82, 2.24) is 19.7 Å². The van der Waals surface area contributed by atoms with E-state index in [1.807, 2.05) is 53.3 Å². The van der Waals surface area contributed by atoms with E-state index in [1.165, 1.54) is 6.92 Å². The second-order valence-electron chi connectivity index (χ2n) is 10.0. The molecule has 0 spiro atoms. The van der Waals surface area contributed by atoms with Crippen molar-refractivity contribution in [1.29, 1.82) is 0 Å². The summed E-state index contributed by atoms with van der Waals surface area (Å²) in [5, 5.41) is 8.97. The van der Waals surface area contributed by atoms with Gasteiger partial charge in [0.05, 0.1) is 23.5 Å². The summed E-state index contributed by atoms with van der Waals surface area (Å²) in [4.78, 5) is 34.1. The van der Waals surface area contributed by atoms with Gasteiger partial charge < -0.3 is 5.32 Å². The number of pyridine rings is 1. The molecular formula is C28H30ClN5O2S. The lowest BCUT2D eigenvalue weighted by molar-refractivity contribution is -0.118. The lowest BCUT2D eigenvalue weighted by atomic mass is 9.92. The van der Waals surface area contributed by atoms with Gasteiger partial charge in [-0.05, 0) is 60.9 Å². The molecule has 0 unspecified atom stereocenters. The average molecular weight is 536 g/mol. The summed E-state index contributed by atoms with van der Waals surface area (Å²) in [5.41, 5.74) is 3.59. The zero-order valence-electron chi connectivity index (χ0n) is 21.4. The van der Waals surface area contributed by atoms with E-state index in [-0.39, 0.29) is 29.9 Å². The van der Waals surface area contributed by atoms with Crippen molar-refractivity contribution >= 4 is 40.4 Å². The minimum atomic E-state index is -0.146. The fourth-order valence-corrected chi connectivity index (χ4v) is 4.92. The number of amides is 1. The van der Waals surface area contributed by atoms with Crippen molar-refractivity contribution in [3.63, 3.8) is 0 Å². The molecule has 0 aliphatic rings. The molecular weight excluding hydrogens is 506 g/mol. The van der Waals surface area contributed by atoms with Crippen molar-refractivity contribution < 1.29 is 9.59 Å². The number of anilines is 1. The van der Waals surface area contributed by atoms with Crippen LogP contribution in [-0.2, 0) is 40.7 Å². The van der Waals surface area contributed by atoms with Crippen LogP contribution in [0.2, 0.25) is 5.02 Å². The third kappa shape index (κ3) is 7.33. The number of thiazole rings is 1. The van der Waals surface area contributed by atoms with Crippen LogP contribution in [0.4, 0.5) is 5.82 Å². The van der Waals surface area contributed by atoms with Crippen LogP contribution >= 0.6 is 22.9 Å². The van der Waals surface area contributed by atoms with E-state index in [0.717, 1.165) is 45.4 Å². The molecule has 1 amide bonds. The molecule has 1 N–H and O–H groups in total. The van der Waals surface area contributed by atoms with Crippen molar-refractivity contribution in [2.45, 2.75) is 58.8 Å². The van der Waals surface area contributed by atoms with Crippen molar-refractivity contribution in [2.75, 3.05) is 5.32 Å². The molecule has 7 nitrogen and oxygen atoms in total. The summed E-state index contributed by atoms with van der Waals surface area (Å²) >= 11 is 7.63.